The Morgan fingerprint density at radius 3 is 2.48 bits per heavy atom. The normalized spacial score (nSPS) is 11.9. The molecule has 3 aromatic rings. The Labute approximate surface area is 170 Å². The quantitative estimate of drug-likeness (QED) is 0.579. The summed E-state index contributed by atoms with van der Waals surface area (Å²) in [6.45, 7) is 4.36. The van der Waals surface area contributed by atoms with Crippen molar-refractivity contribution in [3.05, 3.63) is 82.0 Å². The van der Waals surface area contributed by atoms with Crippen molar-refractivity contribution in [3.8, 4) is 11.8 Å². The number of methoxy groups -OCH3 is 1. The van der Waals surface area contributed by atoms with Gasteiger partial charge in [0.25, 0.3) is 0 Å². The third-order valence-corrected chi connectivity index (χ3v) is 6.16. The van der Waals surface area contributed by atoms with Crippen molar-refractivity contribution in [2.75, 3.05) is 7.11 Å². The van der Waals surface area contributed by atoms with Crippen molar-refractivity contribution < 1.29 is 13.2 Å². The molecule has 1 heterocycles. The highest BCUT2D eigenvalue weighted by Gasteiger charge is 2.20. The van der Waals surface area contributed by atoms with Crippen LogP contribution in [0.1, 0.15) is 22.5 Å². The summed E-state index contributed by atoms with van der Waals surface area (Å²) in [5.74, 6) is 0.666. The highest BCUT2D eigenvalue weighted by Crippen LogP contribution is 2.25. The predicted octanol–water partition coefficient (Wildman–Crippen LogP) is 3.90. The molecule has 0 saturated carbocycles. The fraction of sp³-hybridized carbons (Fsp3) is 0.182. The van der Waals surface area contributed by atoms with Crippen LogP contribution in [0.25, 0.3) is 6.08 Å². The fourth-order valence-electron chi connectivity index (χ4n) is 3.06. The molecule has 0 aliphatic heterocycles. The molecule has 0 atom stereocenters. The third-order valence-electron chi connectivity index (χ3n) is 4.48. The number of ether oxygens (including phenoxy) is 1. The summed E-state index contributed by atoms with van der Waals surface area (Å²) >= 11 is 0. The van der Waals surface area contributed by atoms with Gasteiger partial charge in [0.05, 0.1) is 24.2 Å². The van der Waals surface area contributed by atoms with Gasteiger partial charge in [0.1, 0.15) is 16.7 Å². The number of nitrogens with zero attached hydrogens (tertiary/aromatic N) is 3. The van der Waals surface area contributed by atoms with Crippen molar-refractivity contribution in [2.24, 2.45) is 0 Å². The molecule has 29 heavy (non-hydrogen) atoms. The number of aryl methyl sites for hydroxylation is 2. The summed E-state index contributed by atoms with van der Waals surface area (Å²) in [5.41, 5.74) is 3.35. The Hall–Kier alpha value is -3.37. The topological polar surface area (TPSA) is 85.0 Å². The molecule has 6 nitrogen and oxygen atoms in total. The van der Waals surface area contributed by atoms with E-state index in [0.717, 1.165) is 17.0 Å². The molecule has 0 saturated heterocycles. The lowest BCUT2D eigenvalue weighted by Gasteiger charge is -2.11. The second-order valence-electron chi connectivity index (χ2n) is 6.59. The minimum absolute atomic E-state index is 0.0872. The standard InChI is InChI=1S/C22H21N3O3S/c1-16-11-17(2)25(24-16)15-19-12-18(9-10-22(19)28-3)13-21(14-23)29(26,27)20-7-5-4-6-8-20/h4-13H,15H2,1-3H3/b21-13-. The van der Waals surface area contributed by atoms with Crippen LogP contribution in [-0.2, 0) is 16.4 Å². The molecule has 0 radical (unpaired) electrons. The Kier molecular flexibility index (Phi) is 5.85. The zero-order valence-corrected chi connectivity index (χ0v) is 17.3. The monoisotopic (exact) mass is 407 g/mol. The SMILES string of the molecule is COc1ccc(/C=C(/C#N)S(=O)(=O)c2ccccc2)cc1Cn1nc(C)cc1C. The van der Waals surface area contributed by atoms with Gasteiger partial charge in [-0.2, -0.15) is 10.4 Å². The van der Waals surface area contributed by atoms with E-state index in [4.69, 9.17) is 4.74 Å². The number of allylic oxidation sites excluding steroid dienone is 1. The Morgan fingerprint density at radius 1 is 1.17 bits per heavy atom. The lowest BCUT2D eigenvalue weighted by atomic mass is 10.1. The first-order valence-corrected chi connectivity index (χ1v) is 10.4. The van der Waals surface area contributed by atoms with E-state index in [-0.39, 0.29) is 9.80 Å². The van der Waals surface area contributed by atoms with Crippen molar-refractivity contribution in [3.63, 3.8) is 0 Å². The molecule has 0 fully saturated rings. The molecule has 0 bridgehead atoms. The van der Waals surface area contributed by atoms with Gasteiger partial charge in [-0.25, -0.2) is 8.42 Å². The first-order valence-electron chi connectivity index (χ1n) is 8.95. The number of hydrogen-bond acceptors (Lipinski definition) is 5. The molecular weight excluding hydrogens is 386 g/mol. The van der Waals surface area contributed by atoms with Gasteiger partial charge in [0.15, 0.2) is 0 Å². The summed E-state index contributed by atoms with van der Waals surface area (Å²) in [7, 11) is -2.31. The van der Waals surface area contributed by atoms with Gasteiger partial charge >= 0.3 is 0 Å². The van der Waals surface area contributed by atoms with Crippen molar-refractivity contribution >= 4 is 15.9 Å². The van der Waals surface area contributed by atoms with Gasteiger partial charge in [0.2, 0.25) is 9.84 Å². The van der Waals surface area contributed by atoms with E-state index in [1.54, 1.807) is 37.4 Å². The highest BCUT2D eigenvalue weighted by atomic mass is 32.2. The maximum Gasteiger partial charge on any atom is 0.216 e. The van der Waals surface area contributed by atoms with Crippen LogP contribution in [0, 0.1) is 25.2 Å². The minimum Gasteiger partial charge on any atom is -0.496 e. The average Bonchev–Trinajstić information content (AvgIpc) is 3.03. The van der Waals surface area contributed by atoms with Gasteiger partial charge in [0, 0.05) is 11.3 Å². The fourth-order valence-corrected chi connectivity index (χ4v) is 4.24. The third kappa shape index (κ3) is 4.39. The van der Waals surface area contributed by atoms with E-state index in [0.29, 0.717) is 17.9 Å². The van der Waals surface area contributed by atoms with E-state index >= 15 is 0 Å². The van der Waals surface area contributed by atoms with Crippen LogP contribution >= 0.6 is 0 Å². The maximum atomic E-state index is 12.8. The Balaban J connectivity index is 2.02. The molecule has 148 valence electrons. The lowest BCUT2D eigenvalue weighted by Crippen LogP contribution is -2.06. The molecule has 0 aliphatic carbocycles. The van der Waals surface area contributed by atoms with Crippen LogP contribution in [-0.4, -0.2) is 25.3 Å². The van der Waals surface area contributed by atoms with Gasteiger partial charge in [-0.15, -0.1) is 0 Å². The van der Waals surface area contributed by atoms with E-state index < -0.39 is 9.84 Å². The summed E-state index contributed by atoms with van der Waals surface area (Å²) < 4.78 is 32.9. The second-order valence-corrected chi connectivity index (χ2v) is 8.51. The van der Waals surface area contributed by atoms with Crippen LogP contribution in [0.15, 0.2) is 64.4 Å². The van der Waals surface area contributed by atoms with E-state index in [1.165, 1.54) is 18.2 Å². The summed E-state index contributed by atoms with van der Waals surface area (Å²) in [6, 6.07) is 17.0. The zero-order valence-electron chi connectivity index (χ0n) is 16.5. The first kappa shape index (κ1) is 20.4. The average molecular weight is 407 g/mol. The van der Waals surface area contributed by atoms with Crippen LogP contribution < -0.4 is 4.74 Å². The Morgan fingerprint density at radius 2 is 1.90 bits per heavy atom. The largest absolute Gasteiger partial charge is 0.496 e. The molecule has 7 heteroatoms. The molecule has 0 spiro atoms. The molecule has 1 aromatic heterocycles. The van der Waals surface area contributed by atoms with E-state index in [9.17, 15) is 13.7 Å². The van der Waals surface area contributed by atoms with Gasteiger partial charge in [-0.3, -0.25) is 4.68 Å². The maximum absolute atomic E-state index is 12.8. The number of aromatic nitrogens is 2. The van der Waals surface area contributed by atoms with E-state index in [1.807, 2.05) is 36.7 Å². The number of sulfone groups is 1. The van der Waals surface area contributed by atoms with Crippen LogP contribution in [0.2, 0.25) is 0 Å². The van der Waals surface area contributed by atoms with Crippen LogP contribution in [0.4, 0.5) is 0 Å². The molecule has 0 N–H and O–H groups in total. The van der Waals surface area contributed by atoms with Gasteiger partial charge in [-0.1, -0.05) is 24.3 Å². The number of hydrogen-bond donors (Lipinski definition) is 0. The van der Waals surface area contributed by atoms with Gasteiger partial charge < -0.3 is 4.74 Å². The van der Waals surface area contributed by atoms with Gasteiger partial charge in [-0.05, 0) is 55.8 Å². The van der Waals surface area contributed by atoms with Crippen LogP contribution in [0.5, 0.6) is 5.75 Å². The van der Waals surface area contributed by atoms with Crippen molar-refractivity contribution in [1.82, 2.24) is 9.78 Å². The summed E-state index contributed by atoms with van der Waals surface area (Å²) in [5, 5.41) is 14.0. The molecule has 0 amide bonds. The molecule has 0 aliphatic rings. The molecule has 3 rings (SSSR count). The second kappa shape index (κ2) is 8.33. The Bertz CT molecular complexity index is 1200. The molecular formula is C22H21N3O3S. The zero-order chi connectivity index (χ0) is 21.0. The first-order chi connectivity index (χ1) is 13.8. The predicted molar refractivity (Wildman–Crippen MR) is 111 cm³/mol. The molecule has 0 unspecified atom stereocenters. The summed E-state index contributed by atoms with van der Waals surface area (Å²) in [4.78, 5) is -0.227. The highest BCUT2D eigenvalue weighted by molar-refractivity contribution is 7.95. The van der Waals surface area contributed by atoms with Crippen LogP contribution in [0.3, 0.4) is 0 Å². The van der Waals surface area contributed by atoms with Crippen molar-refractivity contribution in [2.45, 2.75) is 25.3 Å². The van der Waals surface area contributed by atoms with Crippen molar-refractivity contribution in [1.29, 1.82) is 5.26 Å². The smallest absolute Gasteiger partial charge is 0.216 e. The number of benzene rings is 2. The van der Waals surface area contributed by atoms with E-state index in [2.05, 4.69) is 5.10 Å². The lowest BCUT2D eigenvalue weighted by molar-refractivity contribution is 0.407. The number of rotatable bonds is 6. The minimum atomic E-state index is -3.89. The summed E-state index contributed by atoms with van der Waals surface area (Å²) in [6.07, 6.45) is 1.38. The number of nitriles is 1. The molecule has 2 aromatic carbocycles.